The van der Waals surface area contributed by atoms with E-state index in [1.807, 2.05) is 20.0 Å². The number of rotatable bonds is 11. The van der Waals surface area contributed by atoms with Gasteiger partial charge in [0.25, 0.3) is 0 Å². The van der Waals surface area contributed by atoms with Gasteiger partial charge in [0.15, 0.2) is 0 Å². The number of carboxylic acids is 1. The van der Waals surface area contributed by atoms with Crippen molar-refractivity contribution in [3.63, 3.8) is 0 Å². The summed E-state index contributed by atoms with van der Waals surface area (Å²) in [5, 5.41) is 27.3. The van der Waals surface area contributed by atoms with Crippen LogP contribution in [-0.4, -0.2) is 86.3 Å². The number of carbonyl (C=O) groups is 3. The number of carbonyl (C=O) groups excluding carboxylic acids is 2. The second kappa shape index (κ2) is 12.0. The molecule has 1 saturated heterocycles. The van der Waals surface area contributed by atoms with E-state index in [0.29, 0.717) is 13.1 Å². The maximum atomic E-state index is 13.1. The van der Waals surface area contributed by atoms with E-state index in [1.165, 1.54) is 4.90 Å². The molecule has 3 heterocycles. The van der Waals surface area contributed by atoms with Crippen molar-refractivity contribution in [1.29, 1.82) is 0 Å². The van der Waals surface area contributed by atoms with E-state index in [-0.39, 0.29) is 53.7 Å². The van der Waals surface area contributed by atoms with Gasteiger partial charge in [-0.15, -0.1) is 16.9 Å². The molecule has 1 fully saturated rings. The summed E-state index contributed by atoms with van der Waals surface area (Å²) in [6.07, 6.45) is 2.69. The number of thioether (sulfide) groups is 1. The highest BCUT2D eigenvalue weighted by molar-refractivity contribution is 8.03. The van der Waals surface area contributed by atoms with Gasteiger partial charge in [-0.1, -0.05) is 12.1 Å². The van der Waals surface area contributed by atoms with Gasteiger partial charge < -0.3 is 31.7 Å². The van der Waals surface area contributed by atoms with Gasteiger partial charge in [0.1, 0.15) is 5.70 Å². The van der Waals surface area contributed by atoms with Crippen molar-refractivity contribution in [1.82, 2.24) is 35.8 Å². The molecule has 0 aliphatic carbocycles. The van der Waals surface area contributed by atoms with Crippen LogP contribution in [-0.2, 0) is 27.5 Å². The lowest BCUT2D eigenvalue weighted by Crippen LogP contribution is -2.44. The second-order valence-electron chi connectivity index (χ2n) is 9.23. The molecule has 3 rings (SSSR count). The first-order valence-electron chi connectivity index (χ1n) is 11.9. The van der Waals surface area contributed by atoms with Gasteiger partial charge in [-0.3, -0.25) is 14.3 Å². The van der Waals surface area contributed by atoms with Crippen LogP contribution in [0.5, 0.6) is 0 Å². The molecule has 0 bridgehead atoms. The lowest BCUT2D eigenvalue weighted by atomic mass is 10.1. The molecule has 0 aromatic carbocycles. The normalized spacial score (nSPS) is 25.2. The van der Waals surface area contributed by atoms with Crippen LogP contribution in [0.1, 0.15) is 39.3 Å². The molecule has 2 amide bonds. The minimum Gasteiger partial charge on any atom is -0.477 e. The maximum absolute atomic E-state index is 13.1. The molecule has 12 nitrogen and oxygen atoms in total. The zero-order valence-electron chi connectivity index (χ0n) is 20.7. The van der Waals surface area contributed by atoms with Gasteiger partial charge in [-0.05, 0) is 27.3 Å². The van der Waals surface area contributed by atoms with Crippen LogP contribution in [0.3, 0.4) is 0 Å². The fraction of sp³-hybridized carbons (Fsp3) is 0.682. The van der Waals surface area contributed by atoms with Crippen LogP contribution in [0.15, 0.2) is 16.8 Å². The van der Waals surface area contributed by atoms with E-state index in [0.717, 1.165) is 23.6 Å². The average molecular weight is 509 g/mol. The molecule has 2 aliphatic heterocycles. The van der Waals surface area contributed by atoms with Gasteiger partial charge in [-0.25, -0.2) is 4.79 Å². The molecular formula is C22H36N8O4S. The van der Waals surface area contributed by atoms with E-state index < -0.39 is 12.0 Å². The average Bonchev–Trinajstić information content (AvgIpc) is 3.49. The van der Waals surface area contributed by atoms with Crippen LogP contribution >= 0.6 is 11.8 Å². The van der Waals surface area contributed by atoms with Gasteiger partial charge in [-0.2, -0.15) is 0 Å². The van der Waals surface area contributed by atoms with Gasteiger partial charge in [0.2, 0.25) is 11.8 Å². The first-order chi connectivity index (χ1) is 16.6. The van der Waals surface area contributed by atoms with Gasteiger partial charge >= 0.3 is 5.97 Å². The van der Waals surface area contributed by atoms with E-state index in [2.05, 4.69) is 26.3 Å². The summed E-state index contributed by atoms with van der Waals surface area (Å²) in [6, 6.07) is -0.511. The molecule has 2 aliphatic rings. The first kappa shape index (κ1) is 27.1. The number of hydrogen-bond acceptors (Lipinski definition) is 9. The number of likely N-dealkylation sites (N-methyl/N-ethyl adjacent to an activating group) is 1. The molecule has 0 radical (unpaired) electrons. The summed E-state index contributed by atoms with van der Waals surface area (Å²) in [6.45, 7) is 7.46. The van der Waals surface area contributed by atoms with E-state index in [4.69, 9.17) is 5.73 Å². The van der Waals surface area contributed by atoms with Crippen LogP contribution < -0.4 is 21.7 Å². The van der Waals surface area contributed by atoms with Crippen molar-refractivity contribution in [2.24, 2.45) is 11.7 Å². The Morgan fingerprint density at radius 1 is 1.37 bits per heavy atom. The third-order valence-electron chi connectivity index (χ3n) is 6.39. The number of amides is 2. The van der Waals surface area contributed by atoms with Crippen molar-refractivity contribution in [3.05, 3.63) is 22.5 Å². The Morgan fingerprint density at radius 3 is 2.74 bits per heavy atom. The zero-order chi connectivity index (χ0) is 25.7. The zero-order valence-corrected chi connectivity index (χ0v) is 21.5. The molecule has 6 N–H and O–H groups in total. The summed E-state index contributed by atoms with van der Waals surface area (Å²) in [7, 11) is 1.67. The molecular weight excluding hydrogens is 472 g/mol. The Morgan fingerprint density at radius 2 is 2.11 bits per heavy atom. The quantitative estimate of drug-likeness (QED) is 0.262. The molecule has 1 aromatic rings. The standard InChI is InChI=1S/C22H36N8O4S/c1-12(26-18(31)9-24-4)5-19(32)30-14(3)13(2)21(20(30)22(33)34)35-17-6-15(25-8-17)10-29-11-16(7-23)27-28-29/h11-15,17,24-25H,5-10,23H2,1-4H3,(H,26,31)(H,33,34)/t12-,13-,14+,15+,17+/m1/s1. The Balaban J connectivity index is 1.67. The molecule has 1 aromatic heterocycles. The fourth-order valence-electron chi connectivity index (χ4n) is 4.54. The van der Waals surface area contributed by atoms with Crippen LogP contribution in [0.25, 0.3) is 0 Å². The SMILES string of the molecule is CNCC(=O)N[C@H](C)CC(=O)N1C(C(=O)O)=C(S[C@@H]2CN[C@H](Cn3cc(CN)nn3)C2)[C@H](C)[C@@H]1C. The Kier molecular flexibility index (Phi) is 9.27. The first-order valence-corrected chi connectivity index (χ1v) is 12.7. The molecule has 13 heteroatoms. The Labute approximate surface area is 209 Å². The molecule has 35 heavy (non-hydrogen) atoms. The number of nitrogens with one attached hydrogen (secondary N) is 3. The largest absolute Gasteiger partial charge is 0.477 e. The third-order valence-corrected chi connectivity index (χ3v) is 7.90. The third kappa shape index (κ3) is 6.60. The highest BCUT2D eigenvalue weighted by Gasteiger charge is 2.43. The number of aliphatic carboxylic acids is 1. The number of nitrogens with zero attached hydrogens (tertiary/aromatic N) is 4. The molecule has 0 saturated carbocycles. The van der Waals surface area contributed by atoms with Crippen molar-refractivity contribution < 1.29 is 19.5 Å². The minimum absolute atomic E-state index is 0.0248. The van der Waals surface area contributed by atoms with E-state index in [1.54, 1.807) is 30.4 Å². The Bertz CT molecular complexity index is 967. The van der Waals surface area contributed by atoms with E-state index >= 15 is 0 Å². The Hall–Kier alpha value is -2.48. The van der Waals surface area contributed by atoms with Crippen LogP contribution in [0.4, 0.5) is 0 Å². The van der Waals surface area contributed by atoms with Crippen molar-refractivity contribution >= 4 is 29.5 Å². The minimum atomic E-state index is -1.11. The summed E-state index contributed by atoms with van der Waals surface area (Å²) < 4.78 is 1.77. The summed E-state index contributed by atoms with van der Waals surface area (Å²) in [5.41, 5.74) is 6.39. The summed E-state index contributed by atoms with van der Waals surface area (Å²) in [5.74, 6) is -1.73. The fourth-order valence-corrected chi connectivity index (χ4v) is 6.12. The monoisotopic (exact) mass is 508 g/mol. The molecule has 5 atom stereocenters. The predicted octanol–water partition coefficient (Wildman–Crippen LogP) is -0.522. The number of aromatic nitrogens is 3. The smallest absolute Gasteiger partial charge is 0.353 e. The van der Waals surface area contributed by atoms with Crippen LogP contribution in [0.2, 0.25) is 0 Å². The van der Waals surface area contributed by atoms with Crippen molar-refractivity contribution in [2.45, 2.75) is 70.1 Å². The number of carboxylic acid groups (broad SMARTS) is 1. The lowest BCUT2D eigenvalue weighted by molar-refractivity contribution is -0.140. The number of hydrogen-bond donors (Lipinski definition) is 5. The summed E-state index contributed by atoms with van der Waals surface area (Å²) >= 11 is 1.54. The van der Waals surface area contributed by atoms with Crippen molar-refractivity contribution in [2.75, 3.05) is 20.1 Å². The molecule has 0 unspecified atom stereocenters. The van der Waals surface area contributed by atoms with Crippen molar-refractivity contribution in [3.8, 4) is 0 Å². The molecule has 0 spiro atoms. The maximum Gasteiger partial charge on any atom is 0.353 e. The topological polar surface area (TPSA) is 168 Å². The lowest BCUT2D eigenvalue weighted by Gasteiger charge is -2.26. The van der Waals surface area contributed by atoms with E-state index in [9.17, 15) is 19.5 Å². The van der Waals surface area contributed by atoms with Gasteiger partial charge in [0, 0.05) is 59.9 Å². The highest BCUT2D eigenvalue weighted by Crippen LogP contribution is 2.44. The van der Waals surface area contributed by atoms with Crippen LogP contribution in [0, 0.1) is 5.92 Å². The van der Waals surface area contributed by atoms with Gasteiger partial charge in [0.05, 0.1) is 18.8 Å². The second-order valence-corrected chi connectivity index (χ2v) is 10.6. The number of nitrogens with two attached hydrogens (primary N) is 1. The highest BCUT2D eigenvalue weighted by atomic mass is 32.2. The molecule has 194 valence electrons. The summed E-state index contributed by atoms with van der Waals surface area (Å²) in [4.78, 5) is 39.4. The predicted molar refractivity (Wildman–Crippen MR) is 132 cm³/mol.